The summed E-state index contributed by atoms with van der Waals surface area (Å²) in [6.07, 6.45) is -3.84. The van der Waals surface area contributed by atoms with Crippen LogP contribution < -0.4 is 11.1 Å². The van der Waals surface area contributed by atoms with Gasteiger partial charge >= 0.3 is 6.18 Å². The molecule has 0 saturated heterocycles. The smallest absolute Gasteiger partial charge is 0.368 e. The Hall–Kier alpha value is -2.34. The number of hydrogen-bond acceptors (Lipinski definition) is 2. The summed E-state index contributed by atoms with van der Waals surface area (Å²) in [5.74, 6) is -0.497. The topological polar surface area (TPSA) is 55.1 Å². The van der Waals surface area contributed by atoms with E-state index in [1.807, 2.05) is 18.2 Å². The molecule has 0 bridgehead atoms. The van der Waals surface area contributed by atoms with Gasteiger partial charge in [0.2, 0.25) is 5.91 Å². The van der Waals surface area contributed by atoms with Crippen LogP contribution in [0, 0.1) is 0 Å². The van der Waals surface area contributed by atoms with E-state index in [9.17, 15) is 18.0 Å². The Morgan fingerprint density at radius 3 is 2.17 bits per heavy atom. The highest BCUT2D eigenvalue weighted by Gasteiger charge is 2.29. The Morgan fingerprint density at radius 2 is 1.65 bits per heavy atom. The first-order valence-corrected chi connectivity index (χ1v) is 7.11. The number of carbonyl (C=O) groups is 1. The Labute approximate surface area is 132 Å². The summed E-state index contributed by atoms with van der Waals surface area (Å²) in [6, 6.07) is 13.4. The van der Waals surface area contributed by atoms with E-state index >= 15 is 0 Å². The molecule has 0 spiro atoms. The van der Waals surface area contributed by atoms with Gasteiger partial charge in [0.1, 0.15) is 6.04 Å². The molecule has 1 unspecified atom stereocenters. The molecule has 2 rings (SSSR count). The lowest BCUT2D eigenvalue weighted by molar-refractivity contribution is -0.137. The molecule has 0 aliphatic heterocycles. The van der Waals surface area contributed by atoms with Crippen molar-refractivity contribution in [3.05, 3.63) is 71.3 Å². The van der Waals surface area contributed by atoms with Gasteiger partial charge in [-0.05, 0) is 29.7 Å². The van der Waals surface area contributed by atoms with Gasteiger partial charge in [-0.2, -0.15) is 13.2 Å². The molecule has 2 aromatic carbocycles. The second-order valence-corrected chi connectivity index (χ2v) is 5.14. The molecule has 2 aromatic rings. The van der Waals surface area contributed by atoms with Gasteiger partial charge in [0, 0.05) is 6.54 Å². The lowest BCUT2D eigenvalue weighted by Gasteiger charge is -2.16. The molecular weight excluding hydrogens is 305 g/mol. The molecule has 3 N–H and O–H groups in total. The van der Waals surface area contributed by atoms with Crippen molar-refractivity contribution in [1.29, 1.82) is 0 Å². The summed E-state index contributed by atoms with van der Waals surface area (Å²) in [5, 5.41) is 3.03. The number of carbonyl (C=O) groups excluding carboxylic acids is 1. The maximum atomic E-state index is 12.5. The maximum absolute atomic E-state index is 12.5. The van der Waals surface area contributed by atoms with Crippen molar-refractivity contribution >= 4 is 5.91 Å². The highest BCUT2D eigenvalue weighted by atomic mass is 19.4. The fourth-order valence-electron chi connectivity index (χ4n) is 2.25. The quantitative estimate of drug-likeness (QED) is 0.859. The van der Waals surface area contributed by atoms with E-state index in [0.29, 0.717) is 13.0 Å². The fraction of sp³-hybridized carbons (Fsp3) is 0.235. The normalized spacial score (nSPS) is 12.8. The summed E-state index contributed by atoms with van der Waals surface area (Å²) < 4.78 is 37.5. The minimum atomic E-state index is -4.33. The van der Waals surface area contributed by atoms with Crippen LogP contribution >= 0.6 is 0 Å². The molecule has 23 heavy (non-hydrogen) atoms. The number of alkyl halides is 3. The molecule has 0 radical (unpaired) electrons. The lowest BCUT2D eigenvalue weighted by atomic mass is 10.1. The first-order chi connectivity index (χ1) is 10.9. The van der Waals surface area contributed by atoms with E-state index in [0.717, 1.165) is 23.3 Å². The predicted molar refractivity (Wildman–Crippen MR) is 81.5 cm³/mol. The van der Waals surface area contributed by atoms with Crippen LogP contribution in [0.25, 0.3) is 0 Å². The van der Waals surface area contributed by atoms with Crippen molar-refractivity contribution in [2.24, 2.45) is 5.73 Å². The van der Waals surface area contributed by atoms with Crippen molar-refractivity contribution < 1.29 is 18.0 Å². The average Bonchev–Trinajstić information content (AvgIpc) is 2.51. The number of hydrogen-bond donors (Lipinski definition) is 2. The molecule has 0 saturated carbocycles. The molecule has 122 valence electrons. The first kappa shape index (κ1) is 17.0. The monoisotopic (exact) mass is 322 g/mol. The standard InChI is InChI=1S/C17H17F3N2O/c18-17(19,20)14-8-6-12(7-9-14)10-11-22-15(16(21)23)13-4-2-1-3-5-13/h1-9,15,22H,10-11H2,(H2,21,23). The van der Waals surface area contributed by atoms with Crippen LogP contribution in [0.1, 0.15) is 22.7 Å². The van der Waals surface area contributed by atoms with E-state index < -0.39 is 23.7 Å². The van der Waals surface area contributed by atoms with Gasteiger partial charge in [0.15, 0.2) is 0 Å². The van der Waals surface area contributed by atoms with Gasteiger partial charge in [-0.25, -0.2) is 0 Å². The zero-order valence-electron chi connectivity index (χ0n) is 12.3. The van der Waals surface area contributed by atoms with Crippen LogP contribution in [-0.2, 0) is 17.4 Å². The lowest BCUT2D eigenvalue weighted by Crippen LogP contribution is -2.34. The summed E-state index contributed by atoms with van der Waals surface area (Å²) in [5.41, 5.74) is 6.23. The van der Waals surface area contributed by atoms with Crippen molar-refractivity contribution in [3.8, 4) is 0 Å². The second-order valence-electron chi connectivity index (χ2n) is 5.14. The number of halogens is 3. The average molecular weight is 322 g/mol. The van der Waals surface area contributed by atoms with Gasteiger partial charge in [-0.15, -0.1) is 0 Å². The van der Waals surface area contributed by atoms with Crippen LogP contribution in [0.3, 0.4) is 0 Å². The van der Waals surface area contributed by atoms with Gasteiger partial charge in [0.25, 0.3) is 0 Å². The van der Waals surface area contributed by atoms with Crippen LogP contribution in [-0.4, -0.2) is 12.5 Å². The summed E-state index contributed by atoms with van der Waals surface area (Å²) in [6.45, 7) is 0.424. The number of amides is 1. The molecule has 1 amide bonds. The molecule has 0 heterocycles. The summed E-state index contributed by atoms with van der Waals surface area (Å²) in [7, 11) is 0. The van der Waals surface area contributed by atoms with Crippen LogP contribution in [0.15, 0.2) is 54.6 Å². The summed E-state index contributed by atoms with van der Waals surface area (Å²) >= 11 is 0. The number of nitrogens with one attached hydrogen (secondary N) is 1. The van der Waals surface area contributed by atoms with Crippen LogP contribution in [0.4, 0.5) is 13.2 Å². The van der Waals surface area contributed by atoms with E-state index in [1.54, 1.807) is 12.1 Å². The minimum absolute atomic E-state index is 0.424. The van der Waals surface area contributed by atoms with E-state index in [4.69, 9.17) is 5.73 Å². The summed E-state index contributed by atoms with van der Waals surface area (Å²) in [4.78, 5) is 11.5. The van der Waals surface area contributed by atoms with Gasteiger partial charge in [-0.3, -0.25) is 4.79 Å². The Bertz CT molecular complexity index is 639. The zero-order chi connectivity index (χ0) is 16.9. The highest BCUT2D eigenvalue weighted by molar-refractivity contribution is 5.81. The Kier molecular flexibility index (Phi) is 5.39. The molecule has 1 atom stereocenters. The largest absolute Gasteiger partial charge is 0.416 e. The first-order valence-electron chi connectivity index (χ1n) is 7.11. The van der Waals surface area contributed by atoms with E-state index in [1.165, 1.54) is 12.1 Å². The zero-order valence-corrected chi connectivity index (χ0v) is 12.3. The molecule has 3 nitrogen and oxygen atoms in total. The van der Waals surface area contributed by atoms with E-state index in [2.05, 4.69) is 5.32 Å². The third kappa shape index (κ3) is 4.82. The molecule has 0 aliphatic carbocycles. The SMILES string of the molecule is NC(=O)C(NCCc1ccc(C(F)(F)F)cc1)c1ccccc1. The predicted octanol–water partition coefficient (Wildman–Crippen LogP) is 3.06. The third-order valence-corrected chi connectivity index (χ3v) is 3.46. The minimum Gasteiger partial charge on any atom is -0.368 e. The van der Waals surface area contributed by atoms with Crippen LogP contribution in [0.5, 0.6) is 0 Å². The number of primary amides is 1. The maximum Gasteiger partial charge on any atom is 0.416 e. The van der Waals surface area contributed by atoms with Crippen LogP contribution in [0.2, 0.25) is 0 Å². The van der Waals surface area contributed by atoms with Crippen molar-refractivity contribution in [3.63, 3.8) is 0 Å². The molecule has 6 heteroatoms. The molecule has 0 fully saturated rings. The van der Waals surface area contributed by atoms with Gasteiger partial charge in [0.05, 0.1) is 5.56 Å². The Balaban J connectivity index is 1.94. The third-order valence-electron chi connectivity index (χ3n) is 3.46. The molecular formula is C17H17F3N2O. The van der Waals surface area contributed by atoms with E-state index in [-0.39, 0.29) is 0 Å². The number of nitrogens with two attached hydrogens (primary N) is 1. The van der Waals surface area contributed by atoms with Gasteiger partial charge in [-0.1, -0.05) is 42.5 Å². The molecule has 0 aromatic heterocycles. The van der Waals surface area contributed by atoms with Gasteiger partial charge < -0.3 is 11.1 Å². The second kappa shape index (κ2) is 7.28. The van der Waals surface area contributed by atoms with Crippen molar-refractivity contribution in [2.75, 3.05) is 6.54 Å². The fourth-order valence-corrected chi connectivity index (χ4v) is 2.25. The highest BCUT2D eigenvalue weighted by Crippen LogP contribution is 2.29. The van der Waals surface area contributed by atoms with Crippen molar-refractivity contribution in [1.82, 2.24) is 5.32 Å². The Morgan fingerprint density at radius 1 is 1.04 bits per heavy atom. The van der Waals surface area contributed by atoms with Crippen molar-refractivity contribution in [2.45, 2.75) is 18.6 Å². The molecule has 0 aliphatic rings. The number of rotatable bonds is 6. The number of benzene rings is 2.